The molecule has 3 rings (SSSR count). The minimum atomic E-state index is -0.293. The maximum atomic E-state index is 11.5. The summed E-state index contributed by atoms with van der Waals surface area (Å²) in [6.45, 7) is 0. The van der Waals surface area contributed by atoms with Crippen molar-refractivity contribution in [1.29, 1.82) is 0 Å². The highest BCUT2D eigenvalue weighted by molar-refractivity contribution is 7.80. The predicted octanol–water partition coefficient (Wildman–Crippen LogP) is 2.17. The minimum Gasteiger partial charge on any atom is -0.352 e. The van der Waals surface area contributed by atoms with Crippen molar-refractivity contribution in [3.8, 4) is 0 Å². The van der Waals surface area contributed by atoms with E-state index in [0.29, 0.717) is 5.70 Å². The van der Waals surface area contributed by atoms with Gasteiger partial charge in [-0.25, -0.2) is 0 Å². The predicted molar refractivity (Wildman–Crippen MR) is 73.9 cm³/mol. The number of thiophene rings is 1. The number of carbonyl (C=O) groups excluding carboxylic acids is 1. The Morgan fingerprint density at radius 2 is 2.18 bits per heavy atom. The lowest BCUT2D eigenvalue weighted by Crippen LogP contribution is -2.25. The van der Waals surface area contributed by atoms with Crippen LogP contribution in [0.1, 0.15) is 5.56 Å². The monoisotopic (exact) mass is 262 g/mol. The Morgan fingerprint density at radius 3 is 2.94 bits per heavy atom. The molecule has 2 aromatic rings. The van der Waals surface area contributed by atoms with Gasteiger partial charge in [-0.3, -0.25) is 4.79 Å². The molecule has 3 nitrogen and oxygen atoms in total. The number of hydrogen-bond donors (Lipinski definition) is 3. The Labute approximate surface area is 108 Å². The number of fused-ring (bicyclic) bond motifs is 1. The molecular formula is C12H10N2OS2. The van der Waals surface area contributed by atoms with Gasteiger partial charge >= 0.3 is 0 Å². The van der Waals surface area contributed by atoms with E-state index in [0.717, 1.165) is 5.56 Å². The molecule has 0 bridgehead atoms. The molecule has 86 valence electrons. The molecule has 1 saturated heterocycles. The van der Waals surface area contributed by atoms with Crippen molar-refractivity contribution in [1.82, 2.24) is 10.6 Å². The maximum absolute atomic E-state index is 11.5. The quantitative estimate of drug-likeness (QED) is 0.544. The molecule has 0 saturated carbocycles. The summed E-state index contributed by atoms with van der Waals surface area (Å²) in [6.07, 6.45) is 1.84. The van der Waals surface area contributed by atoms with Gasteiger partial charge in [-0.1, -0.05) is 6.07 Å². The van der Waals surface area contributed by atoms with Crippen molar-refractivity contribution in [3.63, 3.8) is 0 Å². The summed E-state index contributed by atoms with van der Waals surface area (Å²) in [5, 5.41) is 8.89. The maximum Gasteiger partial charge on any atom is 0.269 e. The van der Waals surface area contributed by atoms with Crippen molar-refractivity contribution in [2.45, 2.75) is 5.50 Å². The number of carbonyl (C=O) groups is 1. The van der Waals surface area contributed by atoms with E-state index in [9.17, 15) is 4.79 Å². The fourth-order valence-electron chi connectivity index (χ4n) is 1.80. The molecular weight excluding hydrogens is 252 g/mol. The lowest BCUT2D eigenvalue weighted by Gasteiger charge is -2.00. The summed E-state index contributed by atoms with van der Waals surface area (Å²) in [4.78, 5) is 11.5. The second kappa shape index (κ2) is 4.09. The zero-order valence-corrected chi connectivity index (χ0v) is 10.5. The molecule has 1 atom stereocenters. The van der Waals surface area contributed by atoms with Crippen molar-refractivity contribution in [2.75, 3.05) is 0 Å². The summed E-state index contributed by atoms with van der Waals surface area (Å²) < 4.78 is 1.25. The average molecular weight is 262 g/mol. The topological polar surface area (TPSA) is 41.1 Å². The Hall–Kier alpha value is -1.46. The van der Waals surface area contributed by atoms with Gasteiger partial charge in [0, 0.05) is 4.70 Å². The highest BCUT2D eigenvalue weighted by atomic mass is 32.1. The van der Waals surface area contributed by atoms with Gasteiger partial charge < -0.3 is 10.6 Å². The molecule has 1 aromatic carbocycles. The van der Waals surface area contributed by atoms with E-state index in [2.05, 4.69) is 46.8 Å². The Morgan fingerprint density at radius 1 is 1.29 bits per heavy atom. The second-order valence-electron chi connectivity index (χ2n) is 3.80. The van der Waals surface area contributed by atoms with Gasteiger partial charge in [-0.05, 0) is 40.6 Å². The van der Waals surface area contributed by atoms with Gasteiger partial charge in [-0.15, -0.1) is 24.0 Å². The molecule has 1 amide bonds. The van der Waals surface area contributed by atoms with Crippen LogP contribution in [0.25, 0.3) is 16.2 Å². The van der Waals surface area contributed by atoms with Crippen molar-refractivity contribution >= 4 is 46.0 Å². The molecule has 0 radical (unpaired) electrons. The van der Waals surface area contributed by atoms with Crippen LogP contribution in [0.4, 0.5) is 0 Å². The van der Waals surface area contributed by atoms with Gasteiger partial charge in [0.05, 0.1) is 0 Å². The van der Waals surface area contributed by atoms with Crippen molar-refractivity contribution < 1.29 is 4.79 Å². The van der Waals surface area contributed by atoms with Gasteiger partial charge in [0.1, 0.15) is 11.2 Å². The molecule has 1 aromatic heterocycles. The van der Waals surface area contributed by atoms with Crippen LogP contribution >= 0.6 is 24.0 Å². The molecule has 0 spiro atoms. The molecule has 2 heterocycles. The van der Waals surface area contributed by atoms with E-state index >= 15 is 0 Å². The Kier molecular flexibility index (Phi) is 2.57. The second-order valence-corrected chi connectivity index (χ2v) is 5.26. The summed E-state index contributed by atoms with van der Waals surface area (Å²) in [5.41, 5.74) is 1.27. The highest BCUT2D eigenvalue weighted by Crippen LogP contribution is 2.23. The van der Waals surface area contributed by atoms with Crippen LogP contribution in [0.15, 0.2) is 35.3 Å². The number of benzene rings is 1. The summed E-state index contributed by atoms with van der Waals surface area (Å²) >= 11 is 5.86. The fourth-order valence-corrected chi connectivity index (χ4v) is 2.83. The molecule has 1 aliphatic heterocycles. The number of hydrogen-bond acceptors (Lipinski definition) is 4. The number of thiol groups is 1. The van der Waals surface area contributed by atoms with Gasteiger partial charge in [0.2, 0.25) is 0 Å². The smallest absolute Gasteiger partial charge is 0.269 e. The zero-order valence-electron chi connectivity index (χ0n) is 8.81. The van der Waals surface area contributed by atoms with Crippen LogP contribution in [0.3, 0.4) is 0 Å². The van der Waals surface area contributed by atoms with E-state index in [1.54, 1.807) is 11.3 Å². The van der Waals surface area contributed by atoms with E-state index in [-0.39, 0.29) is 11.4 Å². The molecule has 0 aliphatic carbocycles. The van der Waals surface area contributed by atoms with E-state index in [1.807, 2.05) is 12.1 Å². The first-order chi connectivity index (χ1) is 8.22. The van der Waals surface area contributed by atoms with Crippen LogP contribution in [0.2, 0.25) is 0 Å². The molecule has 5 heteroatoms. The average Bonchev–Trinajstić information content (AvgIpc) is 2.85. The first kappa shape index (κ1) is 10.7. The third-order valence-electron chi connectivity index (χ3n) is 2.59. The number of nitrogens with one attached hydrogen (secondary N) is 2. The van der Waals surface area contributed by atoms with Crippen LogP contribution in [0.5, 0.6) is 0 Å². The van der Waals surface area contributed by atoms with Crippen molar-refractivity contribution in [3.05, 3.63) is 40.9 Å². The first-order valence-corrected chi connectivity index (χ1v) is 6.56. The minimum absolute atomic E-state index is 0.115. The number of amides is 1. The third kappa shape index (κ3) is 2.03. The summed E-state index contributed by atoms with van der Waals surface area (Å²) in [5.74, 6) is -0.115. The summed E-state index contributed by atoms with van der Waals surface area (Å²) in [6, 6.07) is 8.22. The molecule has 2 N–H and O–H groups in total. The van der Waals surface area contributed by atoms with Crippen LogP contribution < -0.4 is 10.6 Å². The third-order valence-corrected chi connectivity index (χ3v) is 3.75. The van der Waals surface area contributed by atoms with Gasteiger partial charge in [0.15, 0.2) is 0 Å². The van der Waals surface area contributed by atoms with Crippen LogP contribution in [-0.2, 0) is 4.79 Å². The zero-order chi connectivity index (χ0) is 11.8. The van der Waals surface area contributed by atoms with Crippen LogP contribution in [0, 0.1) is 0 Å². The molecule has 1 unspecified atom stereocenters. The summed E-state index contributed by atoms with van der Waals surface area (Å²) in [7, 11) is 0. The fraction of sp³-hybridized carbons (Fsp3) is 0.0833. The largest absolute Gasteiger partial charge is 0.352 e. The SMILES string of the molecule is O=C1NC(S)N/C1=C\c1ccc2sccc2c1. The van der Waals surface area contributed by atoms with Crippen molar-refractivity contribution in [2.24, 2.45) is 0 Å². The lowest BCUT2D eigenvalue weighted by atomic mass is 10.1. The molecule has 1 aliphatic rings. The lowest BCUT2D eigenvalue weighted by molar-refractivity contribution is -0.116. The van der Waals surface area contributed by atoms with Gasteiger partial charge in [0.25, 0.3) is 5.91 Å². The standard InChI is InChI=1S/C12H10N2OS2/c15-11-9(13-12(16)14-11)6-7-1-2-10-8(5-7)3-4-17-10/h1-6,12-13,16H,(H,14,15)/b9-6-. The van der Waals surface area contributed by atoms with E-state index in [1.165, 1.54) is 10.1 Å². The van der Waals surface area contributed by atoms with E-state index < -0.39 is 0 Å². The highest BCUT2D eigenvalue weighted by Gasteiger charge is 2.21. The normalized spacial score (nSPS) is 21.8. The molecule has 1 fully saturated rings. The Bertz CT molecular complexity index is 618. The Balaban J connectivity index is 1.99. The molecule has 17 heavy (non-hydrogen) atoms. The van der Waals surface area contributed by atoms with E-state index in [4.69, 9.17) is 0 Å². The van der Waals surface area contributed by atoms with Crippen LogP contribution in [-0.4, -0.2) is 11.4 Å². The number of rotatable bonds is 1. The van der Waals surface area contributed by atoms with Gasteiger partial charge in [-0.2, -0.15) is 0 Å². The first-order valence-electron chi connectivity index (χ1n) is 5.17.